The molecular formula is C12H22N4O2. The minimum atomic E-state index is -0.161. The van der Waals surface area contributed by atoms with Crippen molar-refractivity contribution in [3.8, 4) is 0 Å². The Kier molecular flexibility index (Phi) is 5.15. The summed E-state index contributed by atoms with van der Waals surface area (Å²) in [4.78, 5) is 14.0. The third-order valence-corrected chi connectivity index (χ3v) is 2.83. The SMILES string of the molecule is CCCN(CCO)C(=O)c1c(N)c(C)nn1CC. The van der Waals surface area contributed by atoms with Gasteiger partial charge in [0.05, 0.1) is 18.0 Å². The number of carbonyl (C=O) groups is 1. The van der Waals surface area contributed by atoms with Crippen molar-refractivity contribution < 1.29 is 9.90 Å². The van der Waals surface area contributed by atoms with E-state index in [-0.39, 0.29) is 12.5 Å². The Labute approximate surface area is 107 Å². The van der Waals surface area contributed by atoms with Crippen molar-refractivity contribution in [3.63, 3.8) is 0 Å². The van der Waals surface area contributed by atoms with E-state index in [0.717, 1.165) is 6.42 Å². The highest BCUT2D eigenvalue weighted by atomic mass is 16.3. The van der Waals surface area contributed by atoms with Gasteiger partial charge in [-0.15, -0.1) is 0 Å². The van der Waals surface area contributed by atoms with Gasteiger partial charge in [0, 0.05) is 19.6 Å². The van der Waals surface area contributed by atoms with Gasteiger partial charge in [-0.2, -0.15) is 5.10 Å². The number of anilines is 1. The number of rotatable bonds is 6. The Hall–Kier alpha value is -1.56. The van der Waals surface area contributed by atoms with Gasteiger partial charge < -0.3 is 15.7 Å². The van der Waals surface area contributed by atoms with Crippen LogP contribution in [0.25, 0.3) is 0 Å². The first kappa shape index (κ1) is 14.5. The van der Waals surface area contributed by atoms with Crippen molar-refractivity contribution in [2.45, 2.75) is 33.7 Å². The van der Waals surface area contributed by atoms with E-state index < -0.39 is 0 Å². The summed E-state index contributed by atoms with van der Waals surface area (Å²) < 4.78 is 1.62. The highest BCUT2D eigenvalue weighted by molar-refractivity contribution is 5.98. The first-order valence-electron chi connectivity index (χ1n) is 6.29. The molecule has 0 radical (unpaired) electrons. The Morgan fingerprint density at radius 2 is 2.11 bits per heavy atom. The van der Waals surface area contributed by atoms with Crippen LogP contribution in [0.15, 0.2) is 0 Å². The molecule has 1 aromatic rings. The lowest BCUT2D eigenvalue weighted by atomic mass is 10.2. The van der Waals surface area contributed by atoms with Crippen molar-refractivity contribution in [2.24, 2.45) is 0 Å². The van der Waals surface area contributed by atoms with Gasteiger partial charge in [-0.05, 0) is 20.3 Å². The molecule has 0 atom stereocenters. The largest absolute Gasteiger partial charge is 0.395 e. The van der Waals surface area contributed by atoms with Gasteiger partial charge in [0.25, 0.3) is 5.91 Å². The molecule has 0 saturated heterocycles. The van der Waals surface area contributed by atoms with Crippen molar-refractivity contribution in [1.82, 2.24) is 14.7 Å². The molecule has 0 aliphatic carbocycles. The number of amides is 1. The number of aliphatic hydroxyl groups excluding tert-OH is 1. The summed E-state index contributed by atoms with van der Waals surface area (Å²) in [6.07, 6.45) is 0.838. The summed E-state index contributed by atoms with van der Waals surface area (Å²) in [6.45, 7) is 7.16. The fraction of sp³-hybridized carbons (Fsp3) is 0.667. The van der Waals surface area contributed by atoms with Gasteiger partial charge >= 0.3 is 0 Å². The zero-order chi connectivity index (χ0) is 13.7. The number of hydrogen-bond acceptors (Lipinski definition) is 4. The average molecular weight is 254 g/mol. The molecule has 1 rings (SSSR count). The van der Waals surface area contributed by atoms with Crippen LogP contribution in [0.3, 0.4) is 0 Å². The fourth-order valence-electron chi connectivity index (χ4n) is 1.91. The Morgan fingerprint density at radius 1 is 1.44 bits per heavy atom. The molecule has 0 aromatic carbocycles. The van der Waals surface area contributed by atoms with E-state index >= 15 is 0 Å². The molecule has 1 amide bonds. The number of nitrogens with two attached hydrogens (primary N) is 1. The zero-order valence-electron chi connectivity index (χ0n) is 11.3. The highest BCUT2D eigenvalue weighted by Gasteiger charge is 2.23. The minimum Gasteiger partial charge on any atom is -0.395 e. The molecule has 18 heavy (non-hydrogen) atoms. The molecule has 0 unspecified atom stereocenters. The van der Waals surface area contributed by atoms with E-state index in [9.17, 15) is 4.79 Å². The quantitative estimate of drug-likeness (QED) is 0.780. The summed E-state index contributed by atoms with van der Waals surface area (Å²) in [5, 5.41) is 13.2. The van der Waals surface area contributed by atoms with Crippen molar-refractivity contribution >= 4 is 11.6 Å². The fourth-order valence-corrected chi connectivity index (χ4v) is 1.91. The number of aliphatic hydroxyl groups is 1. The topological polar surface area (TPSA) is 84.4 Å². The van der Waals surface area contributed by atoms with Crippen molar-refractivity contribution in [3.05, 3.63) is 11.4 Å². The van der Waals surface area contributed by atoms with E-state index in [1.54, 1.807) is 16.5 Å². The van der Waals surface area contributed by atoms with Crippen molar-refractivity contribution in [1.29, 1.82) is 0 Å². The lowest BCUT2D eigenvalue weighted by Gasteiger charge is -2.21. The maximum atomic E-state index is 12.4. The third kappa shape index (κ3) is 2.81. The summed E-state index contributed by atoms with van der Waals surface area (Å²) in [5.74, 6) is -0.161. The van der Waals surface area contributed by atoms with Gasteiger partial charge in [-0.25, -0.2) is 0 Å². The molecule has 102 valence electrons. The summed E-state index contributed by atoms with van der Waals surface area (Å²) in [7, 11) is 0. The van der Waals surface area contributed by atoms with Gasteiger partial charge in [-0.3, -0.25) is 9.48 Å². The lowest BCUT2D eigenvalue weighted by molar-refractivity contribution is 0.0710. The summed E-state index contributed by atoms with van der Waals surface area (Å²) in [5.41, 5.74) is 7.44. The molecule has 0 saturated carbocycles. The number of hydrogen-bond donors (Lipinski definition) is 2. The molecule has 6 nitrogen and oxygen atoms in total. The van der Waals surface area contributed by atoms with E-state index in [1.165, 1.54) is 0 Å². The van der Waals surface area contributed by atoms with Crippen LogP contribution < -0.4 is 5.73 Å². The van der Waals surface area contributed by atoms with Gasteiger partial charge in [0.2, 0.25) is 0 Å². The maximum Gasteiger partial charge on any atom is 0.274 e. The summed E-state index contributed by atoms with van der Waals surface area (Å²) in [6, 6.07) is 0. The minimum absolute atomic E-state index is 0.0507. The third-order valence-electron chi connectivity index (χ3n) is 2.83. The molecule has 1 aromatic heterocycles. The molecule has 3 N–H and O–H groups in total. The zero-order valence-corrected chi connectivity index (χ0v) is 11.3. The molecule has 1 heterocycles. The van der Waals surface area contributed by atoms with Crippen LogP contribution in [0.2, 0.25) is 0 Å². The normalized spacial score (nSPS) is 10.7. The van der Waals surface area contributed by atoms with Crippen LogP contribution in [-0.4, -0.2) is 45.4 Å². The predicted octanol–water partition coefficient (Wildman–Crippen LogP) is 0.638. The average Bonchev–Trinajstić information content (AvgIpc) is 2.64. The van der Waals surface area contributed by atoms with E-state index in [0.29, 0.717) is 36.7 Å². The van der Waals surface area contributed by atoms with Crippen LogP contribution >= 0.6 is 0 Å². The van der Waals surface area contributed by atoms with Gasteiger partial charge in [-0.1, -0.05) is 6.92 Å². The van der Waals surface area contributed by atoms with Crippen LogP contribution in [-0.2, 0) is 6.54 Å². The number of aryl methyl sites for hydroxylation is 2. The molecule has 0 aliphatic heterocycles. The lowest BCUT2D eigenvalue weighted by Crippen LogP contribution is -2.36. The second-order valence-electron chi connectivity index (χ2n) is 4.18. The monoisotopic (exact) mass is 254 g/mol. The number of nitrogen functional groups attached to an aromatic ring is 1. The van der Waals surface area contributed by atoms with E-state index in [4.69, 9.17) is 10.8 Å². The number of aromatic nitrogens is 2. The first-order chi connectivity index (χ1) is 8.56. The Balaban J connectivity index is 3.07. The number of nitrogens with zero attached hydrogens (tertiary/aromatic N) is 3. The predicted molar refractivity (Wildman–Crippen MR) is 70.3 cm³/mol. The second-order valence-corrected chi connectivity index (χ2v) is 4.18. The highest BCUT2D eigenvalue weighted by Crippen LogP contribution is 2.18. The molecule has 6 heteroatoms. The van der Waals surface area contributed by atoms with Crippen LogP contribution in [0.5, 0.6) is 0 Å². The maximum absolute atomic E-state index is 12.4. The van der Waals surface area contributed by atoms with Crippen LogP contribution in [0.1, 0.15) is 36.5 Å². The van der Waals surface area contributed by atoms with Crippen molar-refractivity contribution in [2.75, 3.05) is 25.4 Å². The van der Waals surface area contributed by atoms with Gasteiger partial charge in [0.15, 0.2) is 0 Å². The molecule has 0 spiro atoms. The Morgan fingerprint density at radius 3 is 2.61 bits per heavy atom. The molecular weight excluding hydrogens is 232 g/mol. The standard InChI is InChI=1S/C12H22N4O2/c1-4-6-15(7-8-17)12(18)11-10(13)9(3)14-16(11)5-2/h17H,4-8,13H2,1-3H3. The van der Waals surface area contributed by atoms with E-state index in [2.05, 4.69) is 5.10 Å². The molecule has 0 fully saturated rings. The molecule has 0 bridgehead atoms. The number of carbonyl (C=O) groups excluding carboxylic acids is 1. The first-order valence-corrected chi connectivity index (χ1v) is 6.29. The summed E-state index contributed by atoms with van der Waals surface area (Å²) >= 11 is 0. The van der Waals surface area contributed by atoms with Crippen LogP contribution in [0, 0.1) is 6.92 Å². The van der Waals surface area contributed by atoms with E-state index in [1.807, 2.05) is 13.8 Å². The smallest absolute Gasteiger partial charge is 0.274 e. The molecule has 0 aliphatic rings. The second kappa shape index (κ2) is 6.39. The Bertz CT molecular complexity index is 408. The van der Waals surface area contributed by atoms with Crippen LogP contribution in [0.4, 0.5) is 5.69 Å². The van der Waals surface area contributed by atoms with Gasteiger partial charge in [0.1, 0.15) is 5.69 Å².